The zero-order chi connectivity index (χ0) is 15.0. The molecule has 0 saturated heterocycles. The molecule has 1 atom stereocenters. The van der Waals surface area contributed by atoms with Gasteiger partial charge in [0, 0.05) is 24.8 Å². The van der Waals surface area contributed by atoms with E-state index in [0.717, 1.165) is 0 Å². The van der Waals surface area contributed by atoms with Crippen LogP contribution in [0, 0.1) is 17.1 Å². The van der Waals surface area contributed by atoms with E-state index in [4.69, 9.17) is 10.4 Å². The minimum atomic E-state index is -0.461. The summed E-state index contributed by atoms with van der Waals surface area (Å²) >= 11 is 0. The highest BCUT2D eigenvalue weighted by Gasteiger charge is 2.08. The van der Waals surface area contributed by atoms with Crippen molar-refractivity contribution < 1.29 is 14.3 Å². The molecule has 2 amide bonds. The van der Waals surface area contributed by atoms with E-state index in [-0.39, 0.29) is 24.8 Å². The molecule has 0 radical (unpaired) electrons. The third-order valence-electron chi connectivity index (χ3n) is 2.79. The maximum Gasteiger partial charge on any atom is 0.315 e. The Labute approximate surface area is 117 Å². The Morgan fingerprint density at radius 2 is 2.30 bits per heavy atom. The number of urea groups is 1. The standard InChI is InChI=1S/C14H18FN3O2/c1-10(3-2-6-19)18-14(20)17-9-12-7-11(8-16)4-5-13(12)15/h4-5,7,10,19H,2-3,6,9H2,1H3,(H2,17,18,20). The van der Waals surface area contributed by atoms with Gasteiger partial charge < -0.3 is 15.7 Å². The Morgan fingerprint density at radius 3 is 2.95 bits per heavy atom. The molecular weight excluding hydrogens is 261 g/mol. The minimum absolute atomic E-state index is 0.0138. The number of hydrogen-bond donors (Lipinski definition) is 3. The molecule has 0 aromatic heterocycles. The third kappa shape index (κ3) is 5.24. The lowest BCUT2D eigenvalue weighted by atomic mass is 10.1. The SMILES string of the molecule is CC(CCCO)NC(=O)NCc1cc(C#N)ccc1F. The molecule has 1 unspecified atom stereocenters. The van der Waals surface area contributed by atoms with Gasteiger partial charge in [-0.2, -0.15) is 5.26 Å². The Balaban J connectivity index is 2.47. The molecule has 1 rings (SSSR count). The molecule has 0 aliphatic rings. The van der Waals surface area contributed by atoms with Gasteiger partial charge in [0.05, 0.1) is 11.6 Å². The number of hydrogen-bond acceptors (Lipinski definition) is 3. The summed E-state index contributed by atoms with van der Waals surface area (Å²) in [6, 6.07) is 5.44. The first-order valence-corrected chi connectivity index (χ1v) is 6.40. The summed E-state index contributed by atoms with van der Waals surface area (Å²) in [7, 11) is 0. The molecule has 0 saturated carbocycles. The van der Waals surface area contributed by atoms with Crippen molar-refractivity contribution in [1.82, 2.24) is 10.6 Å². The van der Waals surface area contributed by atoms with E-state index >= 15 is 0 Å². The second-order valence-corrected chi connectivity index (χ2v) is 4.51. The highest BCUT2D eigenvalue weighted by atomic mass is 19.1. The smallest absolute Gasteiger partial charge is 0.315 e. The van der Waals surface area contributed by atoms with Gasteiger partial charge in [-0.25, -0.2) is 9.18 Å². The first kappa shape index (κ1) is 15.9. The van der Waals surface area contributed by atoms with E-state index in [0.29, 0.717) is 18.4 Å². The maximum atomic E-state index is 13.5. The molecule has 6 heteroatoms. The highest BCUT2D eigenvalue weighted by Crippen LogP contribution is 2.09. The van der Waals surface area contributed by atoms with Crippen molar-refractivity contribution in [3.8, 4) is 6.07 Å². The molecule has 1 aromatic rings. The molecule has 1 aromatic carbocycles. The predicted octanol–water partition coefficient (Wildman–Crippen LogP) is 1.66. The Bertz CT molecular complexity index is 500. The van der Waals surface area contributed by atoms with Gasteiger partial charge in [-0.05, 0) is 38.0 Å². The van der Waals surface area contributed by atoms with E-state index < -0.39 is 11.8 Å². The van der Waals surface area contributed by atoms with Crippen LogP contribution in [0.1, 0.15) is 30.9 Å². The zero-order valence-electron chi connectivity index (χ0n) is 11.3. The fourth-order valence-electron chi connectivity index (χ4n) is 1.70. The monoisotopic (exact) mass is 279 g/mol. The molecule has 0 heterocycles. The molecule has 108 valence electrons. The van der Waals surface area contributed by atoms with Crippen LogP contribution >= 0.6 is 0 Å². The number of rotatable bonds is 6. The van der Waals surface area contributed by atoms with Crippen molar-refractivity contribution in [3.63, 3.8) is 0 Å². The maximum absolute atomic E-state index is 13.5. The van der Waals surface area contributed by atoms with Gasteiger partial charge >= 0.3 is 6.03 Å². The number of benzene rings is 1. The van der Waals surface area contributed by atoms with E-state index in [1.165, 1.54) is 18.2 Å². The van der Waals surface area contributed by atoms with Crippen molar-refractivity contribution in [3.05, 3.63) is 35.1 Å². The van der Waals surface area contributed by atoms with Crippen LogP contribution < -0.4 is 10.6 Å². The van der Waals surface area contributed by atoms with Crippen molar-refractivity contribution in [2.24, 2.45) is 0 Å². The van der Waals surface area contributed by atoms with Crippen molar-refractivity contribution >= 4 is 6.03 Å². The van der Waals surface area contributed by atoms with E-state index in [1.54, 1.807) is 0 Å². The number of carbonyl (C=O) groups is 1. The molecule has 0 aliphatic carbocycles. The van der Waals surface area contributed by atoms with Crippen LogP contribution in [0.5, 0.6) is 0 Å². The fraction of sp³-hybridized carbons (Fsp3) is 0.429. The van der Waals surface area contributed by atoms with Crippen LogP contribution in [-0.2, 0) is 6.54 Å². The molecule has 5 nitrogen and oxygen atoms in total. The van der Waals surface area contributed by atoms with Gasteiger partial charge in [0.2, 0.25) is 0 Å². The largest absolute Gasteiger partial charge is 0.396 e. The zero-order valence-corrected chi connectivity index (χ0v) is 11.3. The summed E-state index contributed by atoms with van der Waals surface area (Å²) in [4.78, 5) is 11.6. The molecule has 20 heavy (non-hydrogen) atoms. The summed E-state index contributed by atoms with van der Waals surface area (Å²) in [5.74, 6) is -0.461. The average Bonchev–Trinajstić information content (AvgIpc) is 2.44. The van der Waals surface area contributed by atoms with E-state index in [1.807, 2.05) is 13.0 Å². The number of halogens is 1. The van der Waals surface area contributed by atoms with Crippen LogP contribution in [0.15, 0.2) is 18.2 Å². The third-order valence-corrected chi connectivity index (χ3v) is 2.79. The first-order valence-electron chi connectivity index (χ1n) is 6.40. The average molecular weight is 279 g/mol. The molecular formula is C14H18FN3O2. The first-order chi connectivity index (χ1) is 9.56. The quantitative estimate of drug-likeness (QED) is 0.740. The molecule has 0 bridgehead atoms. The van der Waals surface area contributed by atoms with Gasteiger partial charge in [-0.1, -0.05) is 0 Å². The van der Waals surface area contributed by atoms with Gasteiger partial charge in [-0.3, -0.25) is 0 Å². The van der Waals surface area contributed by atoms with Crippen molar-refractivity contribution in [2.45, 2.75) is 32.4 Å². The molecule has 3 N–H and O–H groups in total. The summed E-state index contributed by atoms with van der Waals surface area (Å²) in [6.45, 7) is 1.92. The second-order valence-electron chi connectivity index (χ2n) is 4.51. The minimum Gasteiger partial charge on any atom is -0.396 e. The number of aliphatic hydroxyl groups is 1. The van der Waals surface area contributed by atoms with Crippen LogP contribution in [-0.4, -0.2) is 23.8 Å². The number of nitriles is 1. The lowest BCUT2D eigenvalue weighted by molar-refractivity contribution is 0.234. The number of aliphatic hydroxyl groups excluding tert-OH is 1. The van der Waals surface area contributed by atoms with Crippen LogP contribution in [0.25, 0.3) is 0 Å². The van der Waals surface area contributed by atoms with Crippen molar-refractivity contribution in [2.75, 3.05) is 6.61 Å². The van der Waals surface area contributed by atoms with E-state index in [2.05, 4.69) is 10.6 Å². The van der Waals surface area contributed by atoms with Crippen molar-refractivity contribution in [1.29, 1.82) is 5.26 Å². The number of nitrogens with one attached hydrogen (secondary N) is 2. The number of carbonyl (C=O) groups excluding carboxylic acids is 1. The summed E-state index contributed by atoms with van der Waals surface area (Å²) in [5.41, 5.74) is 0.613. The Morgan fingerprint density at radius 1 is 1.55 bits per heavy atom. The Hall–Kier alpha value is -2.13. The second kappa shape index (κ2) is 8.12. The van der Waals surface area contributed by atoms with Gasteiger partial charge in [0.15, 0.2) is 0 Å². The highest BCUT2D eigenvalue weighted by molar-refractivity contribution is 5.74. The van der Waals surface area contributed by atoms with E-state index in [9.17, 15) is 9.18 Å². The summed E-state index contributed by atoms with van der Waals surface area (Å²) < 4.78 is 13.5. The molecule has 0 spiro atoms. The topological polar surface area (TPSA) is 85.2 Å². The molecule has 0 fully saturated rings. The lowest BCUT2D eigenvalue weighted by Crippen LogP contribution is -2.40. The normalized spacial score (nSPS) is 11.5. The Kier molecular flexibility index (Phi) is 6.47. The fourth-order valence-corrected chi connectivity index (χ4v) is 1.70. The van der Waals surface area contributed by atoms with Crippen LogP contribution in [0.4, 0.5) is 9.18 Å². The number of amides is 2. The number of nitrogens with zero attached hydrogens (tertiary/aromatic N) is 1. The molecule has 0 aliphatic heterocycles. The summed E-state index contributed by atoms with van der Waals surface area (Å²) in [6.07, 6.45) is 1.28. The van der Waals surface area contributed by atoms with Crippen LogP contribution in [0.3, 0.4) is 0 Å². The van der Waals surface area contributed by atoms with Gasteiger partial charge in [0.25, 0.3) is 0 Å². The lowest BCUT2D eigenvalue weighted by Gasteiger charge is -2.14. The summed E-state index contributed by atoms with van der Waals surface area (Å²) in [5, 5.41) is 22.6. The van der Waals surface area contributed by atoms with Gasteiger partial charge in [0.1, 0.15) is 5.82 Å². The van der Waals surface area contributed by atoms with Gasteiger partial charge in [-0.15, -0.1) is 0 Å². The predicted molar refractivity (Wildman–Crippen MR) is 72.3 cm³/mol. The van der Waals surface area contributed by atoms with Crippen LogP contribution in [0.2, 0.25) is 0 Å².